The minimum absolute atomic E-state index is 0.0729. The molecular formula is C12H17N3O4. The summed E-state index contributed by atoms with van der Waals surface area (Å²) in [5.41, 5.74) is 0.0729. The van der Waals surface area contributed by atoms with Crippen LogP contribution in [0.25, 0.3) is 0 Å². The van der Waals surface area contributed by atoms with E-state index in [2.05, 4.69) is 20.3 Å². The normalized spacial score (nSPS) is 12.0. The van der Waals surface area contributed by atoms with E-state index in [1.807, 2.05) is 13.8 Å². The van der Waals surface area contributed by atoms with Crippen molar-refractivity contribution in [2.45, 2.75) is 26.3 Å². The third-order valence-corrected chi connectivity index (χ3v) is 2.39. The van der Waals surface area contributed by atoms with Crippen molar-refractivity contribution in [2.24, 2.45) is 5.92 Å². The van der Waals surface area contributed by atoms with E-state index in [-0.39, 0.29) is 11.6 Å². The quantitative estimate of drug-likeness (QED) is 0.746. The van der Waals surface area contributed by atoms with Crippen molar-refractivity contribution in [3.05, 3.63) is 17.8 Å². The molecule has 0 fully saturated rings. The molecule has 19 heavy (non-hydrogen) atoms. The molecule has 7 nitrogen and oxygen atoms in total. The van der Waals surface area contributed by atoms with Crippen molar-refractivity contribution >= 4 is 17.8 Å². The van der Waals surface area contributed by atoms with E-state index in [0.717, 1.165) is 0 Å². The molecule has 0 spiro atoms. The van der Waals surface area contributed by atoms with Gasteiger partial charge < -0.3 is 15.2 Å². The summed E-state index contributed by atoms with van der Waals surface area (Å²) in [5, 5.41) is 19.3. The van der Waals surface area contributed by atoms with Crippen molar-refractivity contribution in [3.63, 3.8) is 0 Å². The fraction of sp³-hybridized carbons (Fsp3) is 0.500. The average Bonchev–Trinajstić information content (AvgIpc) is 2.37. The van der Waals surface area contributed by atoms with Crippen LogP contribution < -0.4 is 5.32 Å². The van der Waals surface area contributed by atoms with Crippen LogP contribution in [0.3, 0.4) is 0 Å². The second kappa shape index (κ2) is 6.67. The lowest BCUT2D eigenvalue weighted by Gasteiger charge is -2.16. The molecule has 1 heterocycles. The highest BCUT2D eigenvalue weighted by atomic mass is 16.5. The first-order valence-electron chi connectivity index (χ1n) is 5.85. The number of rotatable bonds is 6. The number of nitrogens with one attached hydrogen (secondary N) is 1. The number of anilines is 1. The van der Waals surface area contributed by atoms with Gasteiger partial charge in [-0.1, -0.05) is 13.8 Å². The third kappa shape index (κ3) is 4.53. The standard InChI is InChI=1S/C12H17N3O4/c1-7(2)6-9(11(16)17)13-10-5-4-8(14-15-10)12(18)19-3/h4-5,7,9H,6H2,1-3H3,(H,13,15)(H,16,17)/t9-/m0/s1. The lowest BCUT2D eigenvalue weighted by Crippen LogP contribution is -2.31. The summed E-state index contributed by atoms with van der Waals surface area (Å²) in [6.07, 6.45) is 0.468. The van der Waals surface area contributed by atoms with Crippen LogP contribution in [0.5, 0.6) is 0 Å². The van der Waals surface area contributed by atoms with E-state index < -0.39 is 18.0 Å². The van der Waals surface area contributed by atoms with Gasteiger partial charge in [-0.3, -0.25) is 0 Å². The Balaban J connectivity index is 2.75. The largest absolute Gasteiger partial charge is 0.480 e. The lowest BCUT2D eigenvalue weighted by molar-refractivity contribution is -0.138. The number of hydrogen-bond donors (Lipinski definition) is 2. The smallest absolute Gasteiger partial charge is 0.358 e. The highest BCUT2D eigenvalue weighted by Gasteiger charge is 2.19. The maximum absolute atomic E-state index is 11.2. The maximum Gasteiger partial charge on any atom is 0.358 e. The van der Waals surface area contributed by atoms with Gasteiger partial charge in [-0.25, -0.2) is 9.59 Å². The number of aromatic nitrogens is 2. The van der Waals surface area contributed by atoms with Crippen LogP contribution in [0.15, 0.2) is 12.1 Å². The fourth-order valence-electron chi connectivity index (χ4n) is 1.49. The van der Waals surface area contributed by atoms with E-state index in [9.17, 15) is 9.59 Å². The van der Waals surface area contributed by atoms with E-state index in [4.69, 9.17) is 5.11 Å². The third-order valence-electron chi connectivity index (χ3n) is 2.39. The van der Waals surface area contributed by atoms with Crippen LogP contribution in [0.2, 0.25) is 0 Å². The first-order chi connectivity index (χ1) is 8.93. The van der Waals surface area contributed by atoms with Crippen molar-refractivity contribution in [3.8, 4) is 0 Å². The molecule has 0 aliphatic rings. The zero-order valence-electron chi connectivity index (χ0n) is 11.1. The minimum Gasteiger partial charge on any atom is -0.480 e. The van der Waals surface area contributed by atoms with Crippen LogP contribution in [0.1, 0.15) is 30.8 Å². The summed E-state index contributed by atoms with van der Waals surface area (Å²) in [7, 11) is 1.25. The maximum atomic E-state index is 11.2. The Kier molecular flexibility index (Phi) is 5.23. The van der Waals surface area contributed by atoms with Crippen LogP contribution in [0.4, 0.5) is 5.82 Å². The van der Waals surface area contributed by atoms with Gasteiger partial charge in [0, 0.05) is 0 Å². The number of nitrogens with zero attached hydrogens (tertiary/aromatic N) is 2. The Labute approximate surface area is 111 Å². The van der Waals surface area contributed by atoms with E-state index in [1.54, 1.807) is 0 Å². The van der Waals surface area contributed by atoms with Gasteiger partial charge in [0.1, 0.15) is 11.9 Å². The molecule has 1 aromatic heterocycles. The lowest BCUT2D eigenvalue weighted by atomic mass is 10.0. The first kappa shape index (κ1) is 14.9. The average molecular weight is 267 g/mol. The summed E-state index contributed by atoms with van der Waals surface area (Å²) >= 11 is 0. The Bertz CT molecular complexity index is 445. The van der Waals surface area contributed by atoms with Crippen molar-refractivity contribution in [2.75, 3.05) is 12.4 Å². The molecule has 104 valence electrons. The molecule has 7 heteroatoms. The Hall–Kier alpha value is -2.18. The molecule has 0 aliphatic heterocycles. The molecule has 0 aromatic carbocycles. The summed E-state index contributed by atoms with van der Waals surface area (Å²) < 4.78 is 4.49. The van der Waals surface area contributed by atoms with Crippen LogP contribution in [-0.2, 0) is 9.53 Å². The molecule has 0 saturated carbocycles. The molecular weight excluding hydrogens is 250 g/mol. The number of carbonyl (C=O) groups is 2. The highest BCUT2D eigenvalue weighted by molar-refractivity contribution is 5.87. The van der Waals surface area contributed by atoms with Gasteiger partial charge in [0.25, 0.3) is 0 Å². The number of carboxylic acid groups (broad SMARTS) is 1. The van der Waals surface area contributed by atoms with Crippen molar-refractivity contribution in [1.82, 2.24) is 10.2 Å². The first-order valence-corrected chi connectivity index (χ1v) is 5.85. The number of hydrogen-bond acceptors (Lipinski definition) is 6. The zero-order chi connectivity index (χ0) is 14.4. The van der Waals surface area contributed by atoms with Crippen LogP contribution >= 0.6 is 0 Å². The predicted octanol–water partition coefficient (Wildman–Crippen LogP) is 1.17. The molecule has 0 aliphatic carbocycles. The Morgan fingerprint density at radius 3 is 2.47 bits per heavy atom. The summed E-state index contributed by atoms with van der Waals surface area (Å²) in [5.74, 6) is -1.000. The van der Waals surface area contributed by atoms with Gasteiger partial charge in [-0.15, -0.1) is 10.2 Å². The number of carboxylic acids is 1. The monoisotopic (exact) mass is 267 g/mol. The van der Waals surface area contributed by atoms with Gasteiger partial charge in [0.15, 0.2) is 5.69 Å². The summed E-state index contributed by atoms with van der Waals surface area (Å²) in [6, 6.07) is 2.18. The summed E-state index contributed by atoms with van der Waals surface area (Å²) in [4.78, 5) is 22.2. The second-order valence-corrected chi connectivity index (χ2v) is 4.46. The molecule has 0 radical (unpaired) electrons. The topological polar surface area (TPSA) is 101 Å². The van der Waals surface area contributed by atoms with Crippen LogP contribution in [-0.4, -0.2) is 40.4 Å². The van der Waals surface area contributed by atoms with E-state index in [0.29, 0.717) is 12.2 Å². The predicted molar refractivity (Wildman–Crippen MR) is 67.9 cm³/mol. The molecule has 0 bridgehead atoms. The number of aliphatic carboxylic acids is 1. The van der Waals surface area contributed by atoms with E-state index in [1.165, 1.54) is 19.2 Å². The molecule has 0 saturated heterocycles. The zero-order valence-corrected chi connectivity index (χ0v) is 11.1. The molecule has 0 amide bonds. The highest BCUT2D eigenvalue weighted by Crippen LogP contribution is 2.11. The molecule has 1 aromatic rings. The van der Waals surface area contributed by atoms with Gasteiger partial charge in [0.05, 0.1) is 7.11 Å². The minimum atomic E-state index is -0.951. The molecule has 0 unspecified atom stereocenters. The summed E-state index contributed by atoms with van der Waals surface area (Å²) in [6.45, 7) is 3.87. The Morgan fingerprint density at radius 2 is 2.05 bits per heavy atom. The Morgan fingerprint density at radius 1 is 1.37 bits per heavy atom. The second-order valence-electron chi connectivity index (χ2n) is 4.46. The van der Waals surface area contributed by atoms with Gasteiger partial charge >= 0.3 is 11.9 Å². The molecule has 2 N–H and O–H groups in total. The number of esters is 1. The van der Waals surface area contributed by atoms with Gasteiger partial charge in [-0.05, 0) is 24.5 Å². The molecule has 1 rings (SSSR count). The van der Waals surface area contributed by atoms with E-state index >= 15 is 0 Å². The van der Waals surface area contributed by atoms with Crippen LogP contribution in [0, 0.1) is 5.92 Å². The SMILES string of the molecule is COC(=O)c1ccc(N[C@@H](CC(C)C)C(=O)O)nn1. The van der Waals surface area contributed by atoms with Crippen molar-refractivity contribution < 1.29 is 19.4 Å². The number of methoxy groups -OCH3 is 1. The van der Waals surface area contributed by atoms with Crippen molar-refractivity contribution in [1.29, 1.82) is 0 Å². The van der Waals surface area contributed by atoms with Gasteiger partial charge in [0.2, 0.25) is 0 Å². The number of carbonyl (C=O) groups excluding carboxylic acids is 1. The fourth-order valence-corrected chi connectivity index (χ4v) is 1.49. The van der Waals surface area contributed by atoms with Gasteiger partial charge in [-0.2, -0.15) is 0 Å². The molecule has 1 atom stereocenters. The number of ether oxygens (including phenoxy) is 1.